The van der Waals surface area contributed by atoms with Gasteiger partial charge in [0.25, 0.3) is 0 Å². The molecule has 0 spiro atoms. The second-order valence-electron chi connectivity index (χ2n) is 2.61. The second kappa shape index (κ2) is 4.88. The minimum atomic E-state index is -1.09. The maximum Gasteiger partial charge on any atom is 0.341 e. The van der Waals surface area contributed by atoms with Crippen molar-refractivity contribution in [2.45, 2.75) is 0 Å². The van der Waals surface area contributed by atoms with Gasteiger partial charge in [-0.3, -0.25) is 0 Å². The van der Waals surface area contributed by atoms with Crippen LogP contribution in [-0.4, -0.2) is 29.9 Å². The van der Waals surface area contributed by atoms with Crippen LogP contribution in [0.4, 0.5) is 0 Å². The Hall–Kier alpha value is -1.43. The van der Waals surface area contributed by atoms with E-state index in [2.05, 4.69) is 15.9 Å². The number of phenolic OH excluding ortho intramolecular Hbond substituents is 1. The topological polar surface area (TPSA) is 76.0 Å². The van der Waals surface area contributed by atoms with Gasteiger partial charge in [-0.05, 0) is 28.1 Å². The molecule has 0 heterocycles. The van der Waals surface area contributed by atoms with E-state index in [9.17, 15) is 9.90 Å². The van der Waals surface area contributed by atoms with Crippen LogP contribution in [0.5, 0.6) is 17.2 Å². The highest BCUT2D eigenvalue weighted by molar-refractivity contribution is 9.10. The zero-order valence-electron chi connectivity index (χ0n) is 7.86. The summed E-state index contributed by atoms with van der Waals surface area (Å²) in [6.45, 7) is -0.468. The summed E-state index contributed by atoms with van der Waals surface area (Å²) < 4.78 is 10.0. The Balaban J connectivity index is 2.91. The summed E-state index contributed by atoms with van der Waals surface area (Å²) in [5, 5.41) is 18.0. The molecule has 0 bridgehead atoms. The van der Waals surface area contributed by atoms with E-state index in [4.69, 9.17) is 14.6 Å². The highest BCUT2D eigenvalue weighted by Crippen LogP contribution is 2.40. The second-order valence-corrected chi connectivity index (χ2v) is 3.40. The highest BCUT2D eigenvalue weighted by atomic mass is 79.9. The van der Waals surface area contributed by atoms with Gasteiger partial charge in [-0.15, -0.1) is 0 Å². The average molecular weight is 277 g/mol. The lowest BCUT2D eigenvalue weighted by atomic mass is 10.3. The van der Waals surface area contributed by atoms with E-state index in [0.29, 0.717) is 0 Å². The van der Waals surface area contributed by atoms with Crippen LogP contribution in [0.2, 0.25) is 0 Å². The smallest absolute Gasteiger partial charge is 0.341 e. The lowest BCUT2D eigenvalue weighted by molar-refractivity contribution is -0.139. The SMILES string of the molecule is COc1ccc(OCC(=O)O)c(Br)c1O. The van der Waals surface area contributed by atoms with Crippen molar-refractivity contribution in [3.05, 3.63) is 16.6 Å². The third kappa shape index (κ3) is 2.76. The van der Waals surface area contributed by atoms with Crippen molar-refractivity contribution in [3.8, 4) is 17.2 Å². The lowest BCUT2D eigenvalue weighted by Crippen LogP contribution is -2.09. The molecule has 15 heavy (non-hydrogen) atoms. The summed E-state index contributed by atoms with van der Waals surface area (Å²) in [6, 6.07) is 2.99. The molecular formula is C9H9BrO5. The van der Waals surface area contributed by atoms with Crippen LogP contribution in [0.25, 0.3) is 0 Å². The van der Waals surface area contributed by atoms with E-state index in [1.165, 1.54) is 19.2 Å². The third-order valence-electron chi connectivity index (χ3n) is 1.61. The van der Waals surface area contributed by atoms with Gasteiger partial charge in [0.2, 0.25) is 0 Å². The van der Waals surface area contributed by atoms with E-state index >= 15 is 0 Å². The summed E-state index contributed by atoms with van der Waals surface area (Å²) in [4.78, 5) is 10.3. The Morgan fingerprint density at radius 1 is 1.47 bits per heavy atom. The van der Waals surface area contributed by atoms with Gasteiger partial charge in [0.05, 0.1) is 7.11 Å². The molecule has 0 amide bonds. The molecule has 6 heteroatoms. The Morgan fingerprint density at radius 2 is 2.07 bits per heavy atom. The first-order chi connectivity index (χ1) is 7.06. The first-order valence-electron chi connectivity index (χ1n) is 3.96. The maximum absolute atomic E-state index is 10.3. The summed E-state index contributed by atoms with van der Waals surface area (Å²) in [5.74, 6) is -0.683. The zero-order chi connectivity index (χ0) is 11.4. The normalized spacial score (nSPS) is 9.73. The highest BCUT2D eigenvalue weighted by Gasteiger charge is 2.12. The van der Waals surface area contributed by atoms with Crippen molar-refractivity contribution in [2.24, 2.45) is 0 Å². The van der Waals surface area contributed by atoms with E-state index in [-0.39, 0.29) is 21.7 Å². The van der Waals surface area contributed by atoms with Crippen molar-refractivity contribution in [1.82, 2.24) is 0 Å². The molecule has 82 valence electrons. The predicted octanol–water partition coefficient (Wildman–Crippen LogP) is 1.63. The van der Waals surface area contributed by atoms with Crippen LogP contribution >= 0.6 is 15.9 Å². The summed E-state index contributed by atoms with van der Waals surface area (Å²) >= 11 is 3.07. The van der Waals surface area contributed by atoms with E-state index in [1.807, 2.05) is 0 Å². The minimum Gasteiger partial charge on any atom is -0.503 e. The molecule has 0 atom stereocenters. The molecular weight excluding hydrogens is 268 g/mol. The fraction of sp³-hybridized carbons (Fsp3) is 0.222. The first kappa shape index (κ1) is 11.6. The molecule has 1 aromatic carbocycles. The minimum absolute atomic E-state index is 0.125. The molecule has 0 radical (unpaired) electrons. The van der Waals surface area contributed by atoms with E-state index in [0.717, 1.165) is 0 Å². The third-order valence-corrected chi connectivity index (χ3v) is 2.38. The predicted molar refractivity (Wildman–Crippen MR) is 55.5 cm³/mol. The number of benzene rings is 1. The molecule has 5 nitrogen and oxygen atoms in total. The molecule has 0 aliphatic carbocycles. The first-order valence-corrected chi connectivity index (χ1v) is 4.75. The quantitative estimate of drug-likeness (QED) is 0.874. The van der Waals surface area contributed by atoms with Gasteiger partial charge in [0.1, 0.15) is 10.2 Å². The van der Waals surface area contributed by atoms with Gasteiger partial charge < -0.3 is 19.7 Å². The number of phenols is 1. The largest absolute Gasteiger partial charge is 0.503 e. The Morgan fingerprint density at radius 3 is 2.60 bits per heavy atom. The molecule has 0 fully saturated rings. The van der Waals surface area contributed by atoms with Crippen molar-refractivity contribution in [1.29, 1.82) is 0 Å². The molecule has 0 unspecified atom stereocenters. The van der Waals surface area contributed by atoms with Crippen molar-refractivity contribution in [2.75, 3.05) is 13.7 Å². The molecule has 2 N–H and O–H groups in total. The number of hydrogen-bond acceptors (Lipinski definition) is 4. The molecule has 0 saturated carbocycles. The van der Waals surface area contributed by atoms with Crippen LogP contribution in [0.15, 0.2) is 16.6 Å². The van der Waals surface area contributed by atoms with Gasteiger partial charge in [-0.1, -0.05) is 0 Å². The maximum atomic E-state index is 10.3. The Kier molecular flexibility index (Phi) is 3.79. The fourth-order valence-corrected chi connectivity index (χ4v) is 1.39. The monoisotopic (exact) mass is 276 g/mol. The molecule has 1 rings (SSSR count). The standard InChI is InChI=1S/C9H9BrO5/c1-14-6-3-2-5(8(10)9(6)13)15-4-7(11)12/h2-3,13H,4H2,1H3,(H,11,12). The summed E-state index contributed by atoms with van der Waals surface area (Å²) in [6.07, 6.45) is 0. The lowest BCUT2D eigenvalue weighted by Gasteiger charge is -2.09. The molecule has 0 aliphatic rings. The molecule has 0 saturated heterocycles. The van der Waals surface area contributed by atoms with Gasteiger partial charge >= 0.3 is 5.97 Å². The molecule has 1 aromatic rings. The Labute approximate surface area is 94.4 Å². The zero-order valence-corrected chi connectivity index (χ0v) is 9.44. The van der Waals surface area contributed by atoms with Crippen molar-refractivity contribution < 1.29 is 24.5 Å². The number of carbonyl (C=O) groups is 1. The number of aromatic hydroxyl groups is 1. The van der Waals surface area contributed by atoms with Crippen LogP contribution in [0.1, 0.15) is 0 Å². The summed E-state index contributed by atoms with van der Waals surface area (Å²) in [5.41, 5.74) is 0. The van der Waals surface area contributed by atoms with Gasteiger partial charge in [-0.25, -0.2) is 4.79 Å². The number of carboxylic acids is 1. The van der Waals surface area contributed by atoms with Crippen LogP contribution in [-0.2, 0) is 4.79 Å². The van der Waals surface area contributed by atoms with Gasteiger partial charge in [0, 0.05) is 0 Å². The summed E-state index contributed by atoms with van der Waals surface area (Å²) in [7, 11) is 1.42. The number of ether oxygens (including phenoxy) is 2. The van der Waals surface area contributed by atoms with Crippen LogP contribution in [0, 0.1) is 0 Å². The van der Waals surface area contributed by atoms with E-state index < -0.39 is 12.6 Å². The number of halogens is 1. The van der Waals surface area contributed by atoms with E-state index in [1.54, 1.807) is 0 Å². The van der Waals surface area contributed by atoms with Crippen molar-refractivity contribution in [3.63, 3.8) is 0 Å². The van der Waals surface area contributed by atoms with Crippen molar-refractivity contribution >= 4 is 21.9 Å². The average Bonchev–Trinajstić information content (AvgIpc) is 2.20. The van der Waals surface area contributed by atoms with Crippen LogP contribution in [0.3, 0.4) is 0 Å². The number of rotatable bonds is 4. The number of methoxy groups -OCH3 is 1. The number of aliphatic carboxylic acids is 1. The number of carboxylic acid groups (broad SMARTS) is 1. The van der Waals surface area contributed by atoms with Crippen LogP contribution < -0.4 is 9.47 Å². The molecule has 0 aliphatic heterocycles. The van der Waals surface area contributed by atoms with Gasteiger partial charge in [-0.2, -0.15) is 0 Å². The molecule has 0 aromatic heterocycles. The number of hydrogen-bond donors (Lipinski definition) is 2. The fourth-order valence-electron chi connectivity index (χ4n) is 0.944. The Bertz CT molecular complexity index is 377. The van der Waals surface area contributed by atoms with Gasteiger partial charge in [0.15, 0.2) is 18.1 Å².